The maximum absolute atomic E-state index is 14.6. The molecule has 2 N–H and O–H groups in total. The molecule has 3 rings (SSSR count). The van der Waals surface area contributed by atoms with Crippen LogP contribution in [0, 0.1) is 5.92 Å². The molecular formula is C15H18FN3O2. The van der Waals surface area contributed by atoms with Crippen LogP contribution >= 0.6 is 0 Å². The molecule has 0 unspecified atom stereocenters. The van der Waals surface area contributed by atoms with E-state index >= 15 is 0 Å². The third kappa shape index (κ3) is 2.10. The van der Waals surface area contributed by atoms with Gasteiger partial charge in [0.15, 0.2) is 12.4 Å². The molecule has 0 saturated carbocycles. The lowest BCUT2D eigenvalue weighted by Gasteiger charge is -2.19. The van der Waals surface area contributed by atoms with E-state index in [1.165, 1.54) is 4.57 Å². The van der Waals surface area contributed by atoms with Crippen molar-refractivity contribution in [3.05, 3.63) is 34.7 Å². The number of benzene rings is 1. The van der Waals surface area contributed by atoms with Gasteiger partial charge in [0.05, 0.1) is 11.6 Å². The molecular weight excluding hydrogens is 273 g/mol. The molecule has 1 saturated heterocycles. The van der Waals surface area contributed by atoms with Crippen molar-refractivity contribution in [2.24, 2.45) is 5.92 Å². The van der Waals surface area contributed by atoms with E-state index in [9.17, 15) is 9.18 Å². The van der Waals surface area contributed by atoms with Crippen molar-refractivity contribution in [2.45, 2.75) is 38.8 Å². The summed E-state index contributed by atoms with van der Waals surface area (Å²) in [6.07, 6.45) is -1.70. The van der Waals surface area contributed by atoms with Crippen molar-refractivity contribution in [1.29, 1.82) is 0 Å². The Morgan fingerprint density at radius 3 is 2.81 bits per heavy atom. The van der Waals surface area contributed by atoms with E-state index in [-0.39, 0.29) is 17.8 Å². The van der Waals surface area contributed by atoms with Gasteiger partial charge in [-0.2, -0.15) is 4.98 Å². The van der Waals surface area contributed by atoms with Crippen LogP contribution in [0.4, 0.5) is 10.2 Å². The van der Waals surface area contributed by atoms with Gasteiger partial charge in [-0.25, -0.2) is 9.18 Å². The number of halogens is 1. The molecule has 1 fully saturated rings. The van der Waals surface area contributed by atoms with E-state index in [0.29, 0.717) is 17.3 Å². The largest absolute Gasteiger partial charge is 0.383 e. The molecule has 112 valence electrons. The maximum atomic E-state index is 14.6. The van der Waals surface area contributed by atoms with Crippen LogP contribution in [0.25, 0.3) is 10.9 Å². The second-order valence-electron chi connectivity index (χ2n) is 5.44. The van der Waals surface area contributed by atoms with E-state index < -0.39 is 18.1 Å². The normalized spacial score (nSPS) is 29.1. The van der Waals surface area contributed by atoms with Gasteiger partial charge in [0.1, 0.15) is 5.82 Å². The predicted octanol–water partition coefficient (Wildman–Crippen LogP) is 2.26. The lowest BCUT2D eigenvalue weighted by molar-refractivity contribution is -0.0207. The fraction of sp³-hybridized carbons (Fsp3) is 0.467. The molecule has 1 aromatic carbocycles. The highest BCUT2D eigenvalue weighted by Gasteiger charge is 2.43. The molecule has 0 bridgehead atoms. The molecule has 5 nitrogen and oxygen atoms in total. The molecule has 1 aliphatic rings. The van der Waals surface area contributed by atoms with Gasteiger partial charge >= 0.3 is 5.69 Å². The molecule has 21 heavy (non-hydrogen) atoms. The lowest BCUT2D eigenvalue weighted by Crippen LogP contribution is -2.32. The number of rotatable bonds is 2. The number of fused-ring (bicyclic) bond motifs is 1. The topological polar surface area (TPSA) is 70.1 Å². The van der Waals surface area contributed by atoms with Crippen LogP contribution in [0.5, 0.6) is 0 Å². The summed E-state index contributed by atoms with van der Waals surface area (Å²) in [5.41, 5.74) is 5.75. The second kappa shape index (κ2) is 5.11. The Morgan fingerprint density at radius 1 is 1.43 bits per heavy atom. The molecule has 1 aliphatic heterocycles. The number of nitrogens with zero attached hydrogens (tertiary/aromatic N) is 2. The lowest BCUT2D eigenvalue weighted by atomic mass is 10.00. The molecule has 1 aromatic heterocycles. The van der Waals surface area contributed by atoms with Crippen molar-refractivity contribution in [2.75, 3.05) is 5.73 Å². The van der Waals surface area contributed by atoms with Gasteiger partial charge in [-0.05, 0) is 18.6 Å². The van der Waals surface area contributed by atoms with Crippen LogP contribution in [0.3, 0.4) is 0 Å². The number of aromatic nitrogens is 2. The summed E-state index contributed by atoms with van der Waals surface area (Å²) in [5, 5.41) is 0.625. The number of hydrogen-bond acceptors (Lipinski definition) is 4. The number of para-hydroxylation sites is 1. The van der Waals surface area contributed by atoms with Crippen LogP contribution < -0.4 is 11.4 Å². The minimum atomic E-state index is -1.25. The van der Waals surface area contributed by atoms with Crippen LogP contribution in [-0.4, -0.2) is 21.8 Å². The minimum absolute atomic E-state index is 0.153. The Labute approximate surface area is 121 Å². The summed E-state index contributed by atoms with van der Waals surface area (Å²) in [7, 11) is 0. The van der Waals surface area contributed by atoms with Crippen molar-refractivity contribution in [1.82, 2.24) is 9.55 Å². The standard InChI is InChI=1S/C15H18FN3O2/c1-3-11-8(2)12(16)14(21-11)19-10-7-5-4-6-9(10)13(17)18-15(19)20/h4-8,11-12,14H,3H2,1-2H3,(H2,17,18,20)/t8-,11-,12-,14-/m1/s1. The van der Waals surface area contributed by atoms with Crippen LogP contribution in [0.2, 0.25) is 0 Å². The Balaban J connectivity index is 2.20. The average Bonchev–Trinajstić information content (AvgIpc) is 2.75. The molecule has 6 heteroatoms. The molecule has 0 amide bonds. The van der Waals surface area contributed by atoms with E-state index in [1.54, 1.807) is 31.2 Å². The zero-order chi connectivity index (χ0) is 15.1. The highest BCUT2D eigenvalue weighted by molar-refractivity contribution is 5.88. The fourth-order valence-corrected chi connectivity index (χ4v) is 2.98. The van der Waals surface area contributed by atoms with Crippen molar-refractivity contribution < 1.29 is 9.13 Å². The number of nitrogens with two attached hydrogens (primary N) is 1. The highest BCUT2D eigenvalue weighted by Crippen LogP contribution is 2.38. The van der Waals surface area contributed by atoms with E-state index in [0.717, 1.165) is 0 Å². The smallest absolute Gasteiger partial charge is 0.352 e. The van der Waals surface area contributed by atoms with Gasteiger partial charge in [-0.3, -0.25) is 4.57 Å². The molecule has 0 aliphatic carbocycles. The first-order valence-electron chi connectivity index (χ1n) is 7.11. The van der Waals surface area contributed by atoms with Crippen molar-refractivity contribution in [3.63, 3.8) is 0 Å². The minimum Gasteiger partial charge on any atom is -0.383 e. The first-order chi connectivity index (χ1) is 10.0. The van der Waals surface area contributed by atoms with Gasteiger partial charge in [0.2, 0.25) is 0 Å². The summed E-state index contributed by atoms with van der Waals surface area (Å²) < 4.78 is 21.6. The highest BCUT2D eigenvalue weighted by atomic mass is 19.1. The third-order valence-corrected chi connectivity index (χ3v) is 4.19. The summed E-state index contributed by atoms with van der Waals surface area (Å²) in [4.78, 5) is 16.0. The summed E-state index contributed by atoms with van der Waals surface area (Å²) in [6.45, 7) is 3.75. The molecule has 0 spiro atoms. The van der Waals surface area contributed by atoms with Gasteiger partial charge < -0.3 is 10.5 Å². The quantitative estimate of drug-likeness (QED) is 0.921. The summed E-state index contributed by atoms with van der Waals surface area (Å²) >= 11 is 0. The van der Waals surface area contributed by atoms with Crippen LogP contribution in [-0.2, 0) is 4.74 Å². The molecule has 4 atom stereocenters. The summed E-state index contributed by atoms with van der Waals surface area (Å²) in [6, 6.07) is 7.07. The SMILES string of the molecule is CC[C@H]1O[C@@H](n2c(=O)nc(N)c3ccccc32)[C@H](F)[C@@H]1C. The van der Waals surface area contributed by atoms with E-state index in [1.807, 2.05) is 6.92 Å². The van der Waals surface area contributed by atoms with Crippen molar-refractivity contribution in [3.8, 4) is 0 Å². The van der Waals surface area contributed by atoms with Gasteiger partial charge in [0.25, 0.3) is 0 Å². The van der Waals surface area contributed by atoms with Crippen LogP contribution in [0.1, 0.15) is 26.5 Å². The Kier molecular flexibility index (Phi) is 3.41. The van der Waals surface area contributed by atoms with Gasteiger partial charge in [-0.1, -0.05) is 26.0 Å². The number of ether oxygens (including phenoxy) is 1. The molecule has 2 aromatic rings. The number of nitrogen functional groups attached to an aromatic ring is 1. The zero-order valence-corrected chi connectivity index (χ0v) is 12.0. The average molecular weight is 291 g/mol. The van der Waals surface area contributed by atoms with Gasteiger partial charge in [0, 0.05) is 11.3 Å². The number of hydrogen-bond donors (Lipinski definition) is 1. The number of anilines is 1. The van der Waals surface area contributed by atoms with Gasteiger partial charge in [-0.15, -0.1) is 0 Å². The number of alkyl halides is 1. The first kappa shape index (κ1) is 14.0. The predicted molar refractivity (Wildman–Crippen MR) is 78.7 cm³/mol. The Morgan fingerprint density at radius 2 is 2.14 bits per heavy atom. The molecule has 2 heterocycles. The van der Waals surface area contributed by atoms with Crippen LogP contribution in [0.15, 0.2) is 29.1 Å². The second-order valence-corrected chi connectivity index (χ2v) is 5.44. The van der Waals surface area contributed by atoms with E-state index in [4.69, 9.17) is 10.5 Å². The first-order valence-corrected chi connectivity index (χ1v) is 7.11. The van der Waals surface area contributed by atoms with Crippen molar-refractivity contribution >= 4 is 16.7 Å². The third-order valence-electron chi connectivity index (χ3n) is 4.19. The maximum Gasteiger partial charge on any atom is 0.352 e. The van der Waals surface area contributed by atoms with E-state index in [2.05, 4.69) is 4.98 Å². The summed E-state index contributed by atoms with van der Waals surface area (Å²) in [5.74, 6) is -0.108. The fourth-order valence-electron chi connectivity index (χ4n) is 2.98. The molecule has 0 radical (unpaired) electrons. The Bertz CT molecular complexity index is 730. The Hall–Kier alpha value is -1.95. The monoisotopic (exact) mass is 291 g/mol. The zero-order valence-electron chi connectivity index (χ0n) is 12.0.